The molecule has 1 fully saturated rings. The molecule has 2 aliphatic rings. The molecule has 2 aromatic carbocycles. The van der Waals surface area contributed by atoms with Crippen molar-refractivity contribution in [3.63, 3.8) is 0 Å². The van der Waals surface area contributed by atoms with Gasteiger partial charge in [-0.2, -0.15) is 0 Å². The molecule has 2 heterocycles. The number of hydrogen-bond acceptors (Lipinski definition) is 6. The van der Waals surface area contributed by atoms with Crippen LogP contribution in [0.15, 0.2) is 42.5 Å². The summed E-state index contributed by atoms with van der Waals surface area (Å²) in [5, 5.41) is 2.73. The highest BCUT2D eigenvalue weighted by Crippen LogP contribution is 2.34. The van der Waals surface area contributed by atoms with Crippen molar-refractivity contribution in [2.45, 2.75) is 25.9 Å². The van der Waals surface area contributed by atoms with Crippen molar-refractivity contribution in [3.8, 4) is 17.2 Å². The minimum atomic E-state index is -1.26. The molecule has 1 unspecified atom stereocenters. The van der Waals surface area contributed by atoms with Gasteiger partial charge in [0, 0.05) is 18.7 Å². The Morgan fingerprint density at radius 1 is 1.15 bits per heavy atom. The normalized spacial score (nSPS) is 19.3. The summed E-state index contributed by atoms with van der Waals surface area (Å²) in [5.74, 6) is 1.09. The molecule has 9 heteroatoms. The lowest BCUT2D eigenvalue weighted by molar-refractivity contribution is -0.139. The van der Waals surface area contributed by atoms with Crippen LogP contribution in [-0.2, 0) is 21.7 Å². The zero-order valence-electron chi connectivity index (χ0n) is 18.9. The van der Waals surface area contributed by atoms with Crippen molar-refractivity contribution >= 4 is 17.8 Å². The molecule has 174 valence electrons. The highest BCUT2D eigenvalue weighted by atomic mass is 16.6. The average Bonchev–Trinajstić information content (AvgIpc) is 3.06. The van der Waals surface area contributed by atoms with Gasteiger partial charge in [-0.05, 0) is 37.6 Å². The van der Waals surface area contributed by atoms with E-state index in [2.05, 4.69) is 5.32 Å². The molecule has 0 bridgehead atoms. The number of carbonyl (C=O) groups excluding carboxylic acids is 3. The van der Waals surface area contributed by atoms with Gasteiger partial charge in [-0.15, -0.1) is 0 Å². The number of nitrogens with one attached hydrogen (secondary N) is 1. The fourth-order valence-electron chi connectivity index (χ4n) is 4.04. The van der Waals surface area contributed by atoms with Crippen molar-refractivity contribution in [2.24, 2.45) is 0 Å². The fourth-order valence-corrected chi connectivity index (χ4v) is 4.04. The van der Waals surface area contributed by atoms with Crippen molar-refractivity contribution in [1.82, 2.24) is 15.1 Å². The maximum atomic E-state index is 13.2. The third-order valence-electron chi connectivity index (χ3n) is 5.98. The molecule has 1 atom stereocenters. The molecule has 0 aliphatic carbocycles. The van der Waals surface area contributed by atoms with E-state index >= 15 is 0 Å². The lowest BCUT2D eigenvalue weighted by Gasteiger charge is -2.27. The Morgan fingerprint density at radius 2 is 1.88 bits per heavy atom. The molecule has 9 nitrogen and oxygen atoms in total. The van der Waals surface area contributed by atoms with Crippen LogP contribution in [0.2, 0.25) is 0 Å². The molecule has 0 saturated carbocycles. The van der Waals surface area contributed by atoms with Crippen LogP contribution < -0.4 is 19.5 Å². The van der Waals surface area contributed by atoms with Gasteiger partial charge in [0.15, 0.2) is 11.5 Å². The number of carbonyl (C=O) groups is 3. The summed E-state index contributed by atoms with van der Waals surface area (Å²) in [5.41, 5.74) is 0.157. The number of rotatable bonds is 7. The van der Waals surface area contributed by atoms with E-state index in [1.54, 1.807) is 43.2 Å². The van der Waals surface area contributed by atoms with Gasteiger partial charge < -0.3 is 24.4 Å². The molecule has 2 aromatic rings. The van der Waals surface area contributed by atoms with E-state index in [9.17, 15) is 14.4 Å². The molecule has 2 aliphatic heterocycles. The van der Waals surface area contributed by atoms with Crippen molar-refractivity contribution < 1.29 is 28.6 Å². The Balaban J connectivity index is 1.49. The zero-order valence-corrected chi connectivity index (χ0v) is 18.9. The SMILES string of the molecule is CCN(Cc1cccc2c1OCCO2)C(=O)CN1C(=O)NC(C)(c2ccc(OC)cc2)C1=O. The van der Waals surface area contributed by atoms with Crippen LogP contribution in [0.5, 0.6) is 17.2 Å². The molecule has 0 aromatic heterocycles. The summed E-state index contributed by atoms with van der Waals surface area (Å²) >= 11 is 0. The number of nitrogens with zero attached hydrogens (tertiary/aromatic N) is 2. The molecular formula is C24H27N3O6. The first-order valence-electron chi connectivity index (χ1n) is 10.8. The van der Waals surface area contributed by atoms with Crippen LogP contribution in [0.1, 0.15) is 25.0 Å². The summed E-state index contributed by atoms with van der Waals surface area (Å²) in [4.78, 5) is 41.5. The standard InChI is InChI=1S/C24H27N3O6/c1-4-26(14-16-6-5-7-19-21(16)33-13-12-32-19)20(28)15-27-22(29)24(2,25-23(27)30)17-8-10-18(31-3)11-9-17/h5-11H,4,12-15H2,1-3H3,(H,25,30). The Morgan fingerprint density at radius 3 is 2.58 bits per heavy atom. The van der Waals surface area contributed by atoms with E-state index < -0.39 is 17.5 Å². The van der Waals surface area contributed by atoms with Crippen molar-refractivity contribution in [3.05, 3.63) is 53.6 Å². The Hall–Kier alpha value is -3.75. The molecule has 1 N–H and O–H groups in total. The lowest BCUT2D eigenvalue weighted by atomic mass is 9.92. The Labute approximate surface area is 192 Å². The number of ether oxygens (including phenoxy) is 3. The predicted octanol–water partition coefficient (Wildman–Crippen LogP) is 2.28. The monoisotopic (exact) mass is 453 g/mol. The van der Waals surface area contributed by atoms with Gasteiger partial charge in [-0.1, -0.05) is 24.3 Å². The quantitative estimate of drug-likeness (QED) is 0.646. The zero-order chi connectivity index (χ0) is 23.6. The molecular weight excluding hydrogens is 426 g/mol. The van der Waals surface area contributed by atoms with E-state index in [1.165, 1.54) is 0 Å². The second-order valence-electron chi connectivity index (χ2n) is 8.02. The predicted molar refractivity (Wildman–Crippen MR) is 119 cm³/mol. The van der Waals surface area contributed by atoms with Crippen molar-refractivity contribution in [2.75, 3.05) is 33.4 Å². The first-order valence-corrected chi connectivity index (χ1v) is 10.8. The third-order valence-corrected chi connectivity index (χ3v) is 5.98. The molecule has 1 saturated heterocycles. The van der Waals surface area contributed by atoms with Crippen LogP contribution in [0.25, 0.3) is 0 Å². The number of methoxy groups -OCH3 is 1. The Bertz CT molecular complexity index is 1070. The average molecular weight is 453 g/mol. The van der Waals surface area contributed by atoms with Gasteiger partial charge in [0.25, 0.3) is 5.91 Å². The van der Waals surface area contributed by atoms with E-state index in [1.807, 2.05) is 25.1 Å². The van der Waals surface area contributed by atoms with E-state index in [-0.39, 0.29) is 19.0 Å². The number of urea groups is 1. The number of likely N-dealkylation sites (N-methyl/N-ethyl adjacent to an activating group) is 1. The van der Waals surface area contributed by atoms with Crippen LogP contribution in [0, 0.1) is 0 Å². The van der Waals surface area contributed by atoms with Crippen LogP contribution in [0.4, 0.5) is 4.79 Å². The third kappa shape index (κ3) is 4.18. The highest BCUT2D eigenvalue weighted by molar-refractivity contribution is 6.09. The molecule has 4 rings (SSSR count). The van der Waals surface area contributed by atoms with Crippen LogP contribution in [-0.4, -0.2) is 61.1 Å². The molecule has 4 amide bonds. The summed E-state index contributed by atoms with van der Waals surface area (Å²) in [6.07, 6.45) is 0. The lowest BCUT2D eigenvalue weighted by Crippen LogP contribution is -2.44. The van der Waals surface area contributed by atoms with Gasteiger partial charge in [0.1, 0.15) is 31.0 Å². The second kappa shape index (κ2) is 9.01. The summed E-state index contributed by atoms with van der Waals surface area (Å²) < 4.78 is 16.5. The largest absolute Gasteiger partial charge is 0.497 e. The summed E-state index contributed by atoms with van der Waals surface area (Å²) in [7, 11) is 1.55. The van der Waals surface area contributed by atoms with Gasteiger partial charge in [-0.3, -0.25) is 14.5 Å². The van der Waals surface area contributed by atoms with E-state index in [4.69, 9.17) is 14.2 Å². The van der Waals surface area contributed by atoms with Crippen LogP contribution in [0.3, 0.4) is 0 Å². The molecule has 0 radical (unpaired) electrons. The minimum Gasteiger partial charge on any atom is -0.497 e. The summed E-state index contributed by atoms with van der Waals surface area (Å²) in [6, 6.07) is 11.8. The fraction of sp³-hybridized carbons (Fsp3) is 0.375. The number of benzene rings is 2. The summed E-state index contributed by atoms with van der Waals surface area (Å²) in [6.45, 7) is 4.73. The van der Waals surface area contributed by atoms with Gasteiger partial charge in [0.05, 0.1) is 7.11 Å². The van der Waals surface area contributed by atoms with Crippen molar-refractivity contribution in [1.29, 1.82) is 0 Å². The second-order valence-corrected chi connectivity index (χ2v) is 8.02. The van der Waals surface area contributed by atoms with Gasteiger partial charge >= 0.3 is 6.03 Å². The number of hydrogen-bond donors (Lipinski definition) is 1. The topological polar surface area (TPSA) is 97.4 Å². The van der Waals surface area contributed by atoms with Crippen LogP contribution >= 0.6 is 0 Å². The Kier molecular flexibility index (Phi) is 6.13. The maximum absolute atomic E-state index is 13.2. The number of para-hydroxylation sites is 1. The smallest absolute Gasteiger partial charge is 0.325 e. The van der Waals surface area contributed by atoms with Gasteiger partial charge in [0.2, 0.25) is 5.91 Å². The number of imide groups is 1. The number of amides is 4. The van der Waals surface area contributed by atoms with E-state index in [0.29, 0.717) is 42.6 Å². The number of fused-ring (bicyclic) bond motifs is 1. The van der Waals surface area contributed by atoms with Gasteiger partial charge in [-0.25, -0.2) is 4.79 Å². The maximum Gasteiger partial charge on any atom is 0.325 e. The van der Waals surface area contributed by atoms with E-state index in [0.717, 1.165) is 10.5 Å². The molecule has 0 spiro atoms. The molecule has 33 heavy (non-hydrogen) atoms. The first kappa shape index (κ1) is 22.4. The minimum absolute atomic E-state index is 0.279. The first-order chi connectivity index (χ1) is 15.9. The highest BCUT2D eigenvalue weighted by Gasteiger charge is 2.49.